The number of fused-ring (bicyclic) bond motifs is 1. The van der Waals surface area contributed by atoms with Crippen LogP contribution in [0.1, 0.15) is 23.3 Å². The number of anilines is 1. The lowest BCUT2D eigenvalue weighted by Crippen LogP contribution is -1.96. The Morgan fingerprint density at radius 1 is 1.36 bits per heavy atom. The predicted octanol–water partition coefficient (Wildman–Crippen LogP) is 2.67. The molecule has 2 heteroatoms. The SMILES string of the molecule is CNc1cc2c(s1)CCCC2. The van der Waals surface area contributed by atoms with Crippen LogP contribution in [-0.4, -0.2) is 7.05 Å². The average Bonchev–Trinajstić information content (AvgIpc) is 2.46. The highest BCUT2D eigenvalue weighted by Gasteiger charge is 2.11. The van der Waals surface area contributed by atoms with Crippen LogP contribution < -0.4 is 5.32 Å². The summed E-state index contributed by atoms with van der Waals surface area (Å²) in [6, 6.07) is 2.30. The fraction of sp³-hybridized carbons (Fsp3) is 0.556. The van der Waals surface area contributed by atoms with E-state index in [0.29, 0.717) is 0 Å². The molecule has 60 valence electrons. The minimum Gasteiger partial charge on any atom is -0.380 e. The van der Waals surface area contributed by atoms with Crippen LogP contribution in [0.2, 0.25) is 0 Å². The van der Waals surface area contributed by atoms with E-state index in [-0.39, 0.29) is 0 Å². The fourth-order valence-corrected chi connectivity index (χ4v) is 2.72. The summed E-state index contributed by atoms with van der Waals surface area (Å²) in [5.74, 6) is 0. The summed E-state index contributed by atoms with van der Waals surface area (Å²) in [7, 11) is 2.00. The van der Waals surface area contributed by atoms with Crippen molar-refractivity contribution >= 4 is 16.3 Å². The van der Waals surface area contributed by atoms with Gasteiger partial charge in [0.1, 0.15) is 0 Å². The Hall–Kier alpha value is -0.500. The van der Waals surface area contributed by atoms with Crippen LogP contribution in [0.5, 0.6) is 0 Å². The molecule has 0 saturated carbocycles. The molecule has 1 nitrogen and oxygen atoms in total. The Kier molecular flexibility index (Phi) is 1.86. The van der Waals surface area contributed by atoms with E-state index in [1.165, 1.54) is 30.7 Å². The van der Waals surface area contributed by atoms with Crippen LogP contribution in [0.4, 0.5) is 5.00 Å². The summed E-state index contributed by atoms with van der Waals surface area (Å²) in [5, 5.41) is 4.53. The number of nitrogens with one attached hydrogen (secondary N) is 1. The molecule has 11 heavy (non-hydrogen) atoms. The number of hydrogen-bond acceptors (Lipinski definition) is 2. The van der Waals surface area contributed by atoms with Gasteiger partial charge in [0.15, 0.2) is 0 Å². The van der Waals surface area contributed by atoms with Crippen LogP contribution >= 0.6 is 11.3 Å². The highest BCUT2D eigenvalue weighted by Crippen LogP contribution is 2.32. The average molecular weight is 167 g/mol. The second-order valence-electron chi connectivity index (χ2n) is 3.02. The second-order valence-corrected chi connectivity index (χ2v) is 4.15. The Balaban J connectivity index is 2.32. The molecule has 0 saturated heterocycles. The van der Waals surface area contributed by atoms with Crippen molar-refractivity contribution in [2.24, 2.45) is 0 Å². The molecular formula is C9H13NS. The van der Waals surface area contributed by atoms with Crippen molar-refractivity contribution < 1.29 is 0 Å². The summed E-state index contributed by atoms with van der Waals surface area (Å²) in [4.78, 5) is 1.61. The smallest absolute Gasteiger partial charge is 0.0885 e. The first-order chi connectivity index (χ1) is 5.40. The maximum Gasteiger partial charge on any atom is 0.0885 e. The minimum atomic E-state index is 1.30. The van der Waals surface area contributed by atoms with E-state index in [2.05, 4.69) is 11.4 Å². The van der Waals surface area contributed by atoms with Crippen molar-refractivity contribution in [3.05, 3.63) is 16.5 Å². The van der Waals surface area contributed by atoms with Gasteiger partial charge in [0.25, 0.3) is 0 Å². The van der Waals surface area contributed by atoms with Crippen molar-refractivity contribution in [1.82, 2.24) is 0 Å². The molecule has 0 radical (unpaired) electrons. The maximum atomic E-state index is 3.20. The van der Waals surface area contributed by atoms with Crippen LogP contribution in [0.25, 0.3) is 0 Å². The molecule has 1 N–H and O–H groups in total. The molecule has 1 aromatic heterocycles. The Morgan fingerprint density at radius 3 is 2.91 bits per heavy atom. The third kappa shape index (κ3) is 1.27. The number of thiophene rings is 1. The summed E-state index contributed by atoms with van der Waals surface area (Å²) in [6.07, 6.45) is 5.37. The van der Waals surface area contributed by atoms with Gasteiger partial charge in [-0.15, -0.1) is 11.3 Å². The van der Waals surface area contributed by atoms with Gasteiger partial charge in [0.05, 0.1) is 5.00 Å². The van der Waals surface area contributed by atoms with Gasteiger partial charge in [-0.25, -0.2) is 0 Å². The van der Waals surface area contributed by atoms with Gasteiger partial charge in [-0.1, -0.05) is 0 Å². The van der Waals surface area contributed by atoms with Crippen molar-refractivity contribution in [3.8, 4) is 0 Å². The van der Waals surface area contributed by atoms with E-state index < -0.39 is 0 Å². The van der Waals surface area contributed by atoms with Crippen LogP contribution in [0.15, 0.2) is 6.07 Å². The lowest BCUT2D eigenvalue weighted by molar-refractivity contribution is 0.697. The molecule has 0 aromatic carbocycles. The summed E-state index contributed by atoms with van der Waals surface area (Å²) in [6.45, 7) is 0. The molecule has 0 aliphatic heterocycles. The molecule has 0 amide bonds. The molecule has 0 spiro atoms. The molecule has 0 bridgehead atoms. The van der Waals surface area contributed by atoms with E-state index >= 15 is 0 Å². The Labute approximate surface area is 71.4 Å². The van der Waals surface area contributed by atoms with E-state index in [1.54, 1.807) is 10.4 Å². The van der Waals surface area contributed by atoms with Gasteiger partial charge in [0, 0.05) is 11.9 Å². The van der Waals surface area contributed by atoms with E-state index in [1.807, 2.05) is 18.4 Å². The molecule has 2 rings (SSSR count). The van der Waals surface area contributed by atoms with Crippen molar-refractivity contribution in [3.63, 3.8) is 0 Å². The molecule has 0 fully saturated rings. The molecule has 1 heterocycles. The number of hydrogen-bond donors (Lipinski definition) is 1. The first kappa shape index (κ1) is 7.17. The van der Waals surface area contributed by atoms with Crippen molar-refractivity contribution in [1.29, 1.82) is 0 Å². The summed E-state index contributed by atoms with van der Waals surface area (Å²) < 4.78 is 0. The summed E-state index contributed by atoms with van der Waals surface area (Å²) in [5.41, 5.74) is 1.59. The third-order valence-electron chi connectivity index (χ3n) is 2.24. The van der Waals surface area contributed by atoms with Gasteiger partial charge in [0.2, 0.25) is 0 Å². The molecule has 0 atom stereocenters. The molecule has 1 aliphatic rings. The quantitative estimate of drug-likeness (QED) is 0.678. The van der Waals surface area contributed by atoms with E-state index in [4.69, 9.17) is 0 Å². The largest absolute Gasteiger partial charge is 0.380 e. The zero-order valence-corrected chi connectivity index (χ0v) is 7.63. The minimum absolute atomic E-state index is 1.30. The molecule has 1 aromatic rings. The fourth-order valence-electron chi connectivity index (χ4n) is 1.61. The number of rotatable bonds is 1. The van der Waals surface area contributed by atoms with Crippen molar-refractivity contribution in [2.75, 3.05) is 12.4 Å². The lowest BCUT2D eigenvalue weighted by atomic mass is 10.00. The highest BCUT2D eigenvalue weighted by atomic mass is 32.1. The third-order valence-corrected chi connectivity index (χ3v) is 3.50. The predicted molar refractivity (Wildman–Crippen MR) is 50.5 cm³/mol. The molecule has 1 aliphatic carbocycles. The van der Waals surface area contributed by atoms with E-state index in [0.717, 1.165) is 0 Å². The van der Waals surface area contributed by atoms with Gasteiger partial charge in [-0.2, -0.15) is 0 Å². The summed E-state index contributed by atoms with van der Waals surface area (Å²) >= 11 is 1.92. The first-order valence-electron chi connectivity index (χ1n) is 4.19. The molecule has 0 unspecified atom stereocenters. The normalized spacial score (nSPS) is 16.1. The Bertz CT molecular complexity index is 229. The number of aryl methyl sites for hydroxylation is 2. The van der Waals surface area contributed by atoms with Crippen LogP contribution in [-0.2, 0) is 12.8 Å². The monoisotopic (exact) mass is 167 g/mol. The van der Waals surface area contributed by atoms with E-state index in [9.17, 15) is 0 Å². The Morgan fingerprint density at radius 2 is 2.18 bits per heavy atom. The van der Waals surface area contributed by atoms with Gasteiger partial charge < -0.3 is 5.32 Å². The first-order valence-corrected chi connectivity index (χ1v) is 5.01. The molecular weight excluding hydrogens is 154 g/mol. The van der Waals surface area contributed by atoms with Gasteiger partial charge in [-0.05, 0) is 37.3 Å². The zero-order chi connectivity index (χ0) is 7.68. The van der Waals surface area contributed by atoms with Gasteiger partial charge >= 0.3 is 0 Å². The van der Waals surface area contributed by atoms with Crippen LogP contribution in [0.3, 0.4) is 0 Å². The maximum absolute atomic E-state index is 3.20. The van der Waals surface area contributed by atoms with Gasteiger partial charge in [-0.3, -0.25) is 0 Å². The topological polar surface area (TPSA) is 12.0 Å². The standard InChI is InChI=1S/C9H13NS/c1-10-9-6-7-4-2-3-5-8(7)11-9/h6,10H,2-5H2,1H3. The zero-order valence-electron chi connectivity index (χ0n) is 6.81. The highest BCUT2D eigenvalue weighted by molar-refractivity contribution is 7.16. The van der Waals surface area contributed by atoms with Crippen molar-refractivity contribution in [2.45, 2.75) is 25.7 Å². The second kappa shape index (κ2) is 2.86. The van der Waals surface area contributed by atoms with Crippen LogP contribution in [0, 0.1) is 0 Å². The lowest BCUT2D eigenvalue weighted by Gasteiger charge is -2.08.